The highest BCUT2D eigenvalue weighted by atomic mass is 16.5. The van der Waals surface area contributed by atoms with Crippen LogP contribution in [0.5, 0.6) is 0 Å². The Hall–Kier alpha value is -1.59. The van der Waals surface area contributed by atoms with Crippen LogP contribution in [0.15, 0.2) is 0 Å². The first-order chi connectivity index (χ1) is 18.3. The summed E-state index contributed by atoms with van der Waals surface area (Å²) in [6, 6.07) is 0. The molecule has 0 heterocycles. The lowest BCUT2D eigenvalue weighted by molar-refractivity contribution is -0.162. The number of hydrogen-bond acceptors (Lipinski definition) is 6. The number of hydrogen-bond donors (Lipinski definition) is 0. The SMILES string of the molecule is CC(=O)OCC(C)CCC(OC(C)=O)[C@@H](C)[C@H]1CC[C@H]2[C@@H]3CCC4CC(OC(C)=O)CC[C@]4(C)[C@H]3CC[C@]12C. The Labute approximate surface area is 236 Å². The lowest BCUT2D eigenvalue weighted by Gasteiger charge is -2.61. The highest BCUT2D eigenvalue weighted by Crippen LogP contribution is 2.68. The van der Waals surface area contributed by atoms with E-state index in [0.29, 0.717) is 35.2 Å². The van der Waals surface area contributed by atoms with Gasteiger partial charge in [-0.1, -0.05) is 27.7 Å². The molecule has 4 saturated carbocycles. The zero-order chi connectivity index (χ0) is 28.5. The van der Waals surface area contributed by atoms with E-state index in [0.717, 1.165) is 43.4 Å². The number of rotatable bonds is 9. The summed E-state index contributed by atoms with van der Waals surface area (Å²) in [7, 11) is 0. The first-order valence-electron chi connectivity index (χ1n) is 15.8. The minimum Gasteiger partial charge on any atom is -0.466 e. The first kappa shape index (κ1) is 30.4. The molecule has 6 nitrogen and oxygen atoms in total. The van der Waals surface area contributed by atoms with E-state index >= 15 is 0 Å². The van der Waals surface area contributed by atoms with Crippen molar-refractivity contribution >= 4 is 17.9 Å². The van der Waals surface area contributed by atoms with Gasteiger partial charge in [-0.05, 0) is 123 Å². The molecule has 0 radical (unpaired) electrons. The van der Waals surface area contributed by atoms with Gasteiger partial charge >= 0.3 is 17.9 Å². The second-order valence-corrected chi connectivity index (χ2v) is 14.4. The Bertz CT molecular complexity index is 901. The van der Waals surface area contributed by atoms with Gasteiger partial charge in [0.2, 0.25) is 0 Å². The van der Waals surface area contributed by atoms with Crippen molar-refractivity contribution in [3.05, 3.63) is 0 Å². The van der Waals surface area contributed by atoms with Crippen molar-refractivity contribution in [1.29, 1.82) is 0 Å². The van der Waals surface area contributed by atoms with E-state index in [-0.39, 0.29) is 36.0 Å². The van der Waals surface area contributed by atoms with Crippen LogP contribution in [0, 0.1) is 52.3 Å². The maximum absolute atomic E-state index is 12.1. The largest absolute Gasteiger partial charge is 0.466 e. The average molecular weight is 547 g/mol. The summed E-state index contributed by atoms with van der Waals surface area (Å²) in [5.41, 5.74) is 0.656. The molecule has 4 unspecified atom stereocenters. The van der Waals surface area contributed by atoms with Crippen molar-refractivity contribution in [2.24, 2.45) is 52.3 Å². The molecule has 0 saturated heterocycles. The van der Waals surface area contributed by atoms with E-state index in [1.54, 1.807) is 6.92 Å². The van der Waals surface area contributed by atoms with E-state index < -0.39 is 0 Å². The summed E-state index contributed by atoms with van der Waals surface area (Å²) in [6.45, 7) is 14.5. The molecule has 4 rings (SSSR count). The number of fused-ring (bicyclic) bond motifs is 5. The summed E-state index contributed by atoms with van der Waals surface area (Å²) in [6.07, 6.45) is 12.6. The number of carbonyl (C=O) groups excluding carboxylic acids is 3. The molecule has 222 valence electrons. The van der Waals surface area contributed by atoms with E-state index in [1.165, 1.54) is 58.8 Å². The van der Waals surface area contributed by atoms with Crippen LogP contribution in [0.25, 0.3) is 0 Å². The minimum atomic E-state index is -0.243. The molecule has 0 aliphatic heterocycles. The number of carbonyl (C=O) groups is 3. The van der Waals surface area contributed by atoms with Gasteiger partial charge in [0.25, 0.3) is 0 Å². The Morgan fingerprint density at radius 3 is 2.15 bits per heavy atom. The van der Waals surface area contributed by atoms with Crippen LogP contribution in [0.1, 0.15) is 119 Å². The highest BCUT2D eigenvalue weighted by molar-refractivity contribution is 5.66. The molecule has 4 aliphatic rings. The highest BCUT2D eigenvalue weighted by Gasteiger charge is 2.61. The molecule has 0 spiro atoms. The van der Waals surface area contributed by atoms with E-state index in [1.807, 2.05) is 0 Å². The maximum atomic E-state index is 12.1. The van der Waals surface area contributed by atoms with Crippen LogP contribution in [0.4, 0.5) is 0 Å². The van der Waals surface area contributed by atoms with Gasteiger partial charge in [-0.25, -0.2) is 0 Å². The standard InChI is InChI=1S/C33H54O6/c1-20(19-37-22(3)34)8-13-31(39-24(5)36)21(2)28-11-12-29-27-10-9-25-18-26(38-23(4)35)14-16-32(25,6)30(27)15-17-33(28,29)7/h20-21,25-31H,8-19H2,1-7H3/t20?,21-,25?,26?,27-,28+,29-,30-,31?,32-,33+/m0/s1. The Balaban J connectivity index is 1.43. The number of esters is 3. The van der Waals surface area contributed by atoms with Gasteiger partial charge in [-0.3, -0.25) is 14.4 Å². The molecule has 0 aromatic heterocycles. The van der Waals surface area contributed by atoms with Crippen molar-refractivity contribution in [2.45, 2.75) is 131 Å². The summed E-state index contributed by atoms with van der Waals surface area (Å²) in [5.74, 6) is 3.50. The van der Waals surface area contributed by atoms with Crippen molar-refractivity contribution in [3.8, 4) is 0 Å². The monoisotopic (exact) mass is 546 g/mol. The third-order valence-corrected chi connectivity index (χ3v) is 12.1. The predicted molar refractivity (Wildman–Crippen MR) is 151 cm³/mol. The lowest BCUT2D eigenvalue weighted by Crippen LogP contribution is -2.54. The molecule has 4 fully saturated rings. The Morgan fingerprint density at radius 1 is 0.795 bits per heavy atom. The molecule has 0 N–H and O–H groups in total. The third kappa shape index (κ3) is 6.35. The first-order valence-corrected chi connectivity index (χ1v) is 15.8. The van der Waals surface area contributed by atoms with Gasteiger partial charge in [0.1, 0.15) is 12.2 Å². The van der Waals surface area contributed by atoms with Crippen LogP contribution >= 0.6 is 0 Å². The van der Waals surface area contributed by atoms with Gasteiger partial charge in [0.05, 0.1) is 6.61 Å². The quantitative estimate of drug-likeness (QED) is 0.226. The molecule has 0 aromatic carbocycles. The zero-order valence-electron chi connectivity index (χ0n) is 25.6. The average Bonchev–Trinajstić information content (AvgIpc) is 3.21. The van der Waals surface area contributed by atoms with E-state index in [4.69, 9.17) is 14.2 Å². The summed E-state index contributed by atoms with van der Waals surface area (Å²) >= 11 is 0. The molecule has 11 atom stereocenters. The van der Waals surface area contributed by atoms with Crippen LogP contribution in [-0.2, 0) is 28.6 Å². The minimum absolute atomic E-state index is 0.0922. The molecular weight excluding hydrogens is 492 g/mol. The van der Waals surface area contributed by atoms with Crippen molar-refractivity contribution in [2.75, 3.05) is 6.61 Å². The molecule has 6 heteroatoms. The smallest absolute Gasteiger partial charge is 0.302 e. The van der Waals surface area contributed by atoms with Gasteiger partial charge in [-0.2, -0.15) is 0 Å². The normalized spacial score (nSPS) is 39.8. The van der Waals surface area contributed by atoms with Crippen LogP contribution in [-0.4, -0.2) is 36.7 Å². The topological polar surface area (TPSA) is 78.9 Å². The fourth-order valence-electron chi connectivity index (χ4n) is 10.2. The van der Waals surface area contributed by atoms with Crippen molar-refractivity contribution in [3.63, 3.8) is 0 Å². The lowest BCUT2D eigenvalue weighted by atomic mass is 9.44. The molecule has 0 aromatic rings. The van der Waals surface area contributed by atoms with Gasteiger partial charge < -0.3 is 14.2 Å². The second-order valence-electron chi connectivity index (χ2n) is 14.4. The molecule has 39 heavy (non-hydrogen) atoms. The molecule has 0 bridgehead atoms. The molecular formula is C33H54O6. The molecule has 0 amide bonds. The van der Waals surface area contributed by atoms with Crippen LogP contribution in [0.2, 0.25) is 0 Å². The van der Waals surface area contributed by atoms with Gasteiger partial charge in [0, 0.05) is 20.8 Å². The van der Waals surface area contributed by atoms with E-state index in [9.17, 15) is 14.4 Å². The summed E-state index contributed by atoms with van der Waals surface area (Å²) < 4.78 is 16.8. The van der Waals surface area contributed by atoms with Gasteiger partial charge in [-0.15, -0.1) is 0 Å². The predicted octanol–water partition coefficient (Wildman–Crippen LogP) is 7.12. The fraction of sp³-hybridized carbons (Fsp3) is 0.909. The third-order valence-electron chi connectivity index (χ3n) is 12.1. The Morgan fingerprint density at radius 2 is 1.49 bits per heavy atom. The summed E-state index contributed by atoms with van der Waals surface area (Å²) in [4.78, 5) is 34.9. The van der Waals surface area contributed by atoms with Crippen LogP contribution < -0.4 is 0 Å². The van der Waals surface area contributed by atoms with Gasteiger partial charge in [0.15, 0.2) is 0 Å². The fourth-order valence-corrected chi connectivity index (χ4v) is 10.2. The van der Waals surface area contributed by atoms with Crippen molar-refractivity contribution in [1.82, 2.24) is 0 Å². The molecule has 4 aliphatic carbocycles. The van der Waals surface area contributed by atoms with Crippen LogP contribution in [0.3, 0.4) is 0 Å². The Kier molecular flexibility index (Phi) is 9.43. The number of ether oxygens (including phenoxy) is 3. The zero-order valence-corrected chi connectivity index (χ0v) is 25.6. The maximum Gasteiger partial charge on any atom is 0.302 e. The summed E-state index contributed by atoms with van der Waals surface area (Å²) in [5, 5.41) is 0. The van der Waals surface area contributed by atoms with Crippen molar-refractivity contribution < 1.29 is 28.6 Å². The van der Waals surface area contributed by atoms with E-state index in [2.05, 4.69) is 27.7 Å². The second kappa shape index (κ2) is 12.1.